The summed E-state index contributed by atoms with van der Waals surface area (Å²) in [6.45, 7) is 7.67. The molecule has 2 bridgehead atoms. The molecule has 0 N–H and O–H groups in total. The van der Waals surface area contributed by atoms with Crippen molar-refractivity contribution < 1.29 is 0 Å². The maximum Gasteiger partial charge on any atom is -0.0213 e. The zero-order valence-corrected chi connectivity index (χ0v) is 9.97. The number of fused-ring (bicyclic) bond motifs is 1. The molecule has 14 heavy (non-hydrogen) atoms. The molecule has 0 heterocycles. The molecule has 0 aromatic rings. The fourth-order valence-electron chi connectivity index (χ4n) is 5.46. The third kappa shape index (κ3) is 0.823. The second-order valence-corrected chi connectivity index (χ2v) is 6.83. The molecule has 0 amide bonds. The fraction of sp³-hybridized carbons (Fsp3) is 1.00. The first-order valence-electron chi connectivity index (χ1n) is 6.58. The molecule has 3 aliphatic carbocycles. The van der Waals surface area contributed by atoms with Crippen molar-refractivity contribution in [2.75, 3.05) is 0 Å². The van der Waals surface area contributed by atoms with Gasteiger partial charge in [0.05, 0.1) is 0 Å². The van der Waals surface area contributed by atoms with Gasteiger partial charge in [-0.25, -0.2) is 0 Å². The monoisotopic (exact) mass is 192 g/mol. The van der Waals surface area contributed by atoms with E-state index in [0.29, 0.717) is 5.41 Å². The largest absolute Gasteiger partial charge is 0.0622 e. The van der Waals surface area contributed by atoms with Gasteiger partial charge < -0.3 is 0 Å². The maximum atomic E-state index is 2.58. The van der Waals surface area contributed by atoms with Gasteiger partial charge >= 0.3 is 0 Å². The van der Waals surface area contributed by atoms with E-state index >= 15 is 0 Å². The van der Waals surface area contributed by atoms with Gasteiger partial charge in [0.2, 0.25) is 0 Å². The summed E-state index contributed by atoms with van der Waals surface area (Å²) >= 11 is 0. The molecule has 80 valence electrons. The van der Waals surface area contributed by atoms with E-state index in [0.717, 1.165) is 23.2 Å². The standard InChI is InChI=1S/C14H24/c1-10-6-8-14-7-4-5-11(9-12(10)14)13(14,2)3/h10-12H,4-9H2,1-3H3/t10-,11+,12-,14+/m0/s1. The van der Waals surface area contributed by atoms with Crippen LogP contribution in [0.25, 0.3) is 0 Å². The summed E-state index contributed by atoms with van der Waals surface area (Å²) in [6, 6.07) is 0. The summed E-state index contributed by atoms with van der Waals surface area (Å²) in [5, 5.41) is 0. The van der Waals surface area contributed by atoms with E-state index in [4.69, 9.17) is 0 Å². The molecule has 0 heteroatoms. The molecule has 3 rings (SSSR count). The van der Waals surface area contributed by atoms with Gasteiger partial charge in [0, 0.05) is 0 Å². The molecule has 3 fully saturated rings. The summed E-state index contributed by atoms with van der Waals surface area (Å²) in [4.78, 5) is 0. The van der Waals surface area contributed by atoms with Crippen LogP contribution in [0.15, 0.2) is 0 Å². The summed E-state index contributed by atoms with van der Waals surface area (Å²) in [5.41, 5.74) is 1.44. The van der Waals surface area contributed by atoms with Gasteiger partial charge in [-0.3, -0.25) is 0 Å². The fourth-order valence-corrected chi connectivity index (χ4v) is 5.46. The molecule has 3 saturated carbocycles. The second-order valence-electron chi connectivity index (χ2n) is 6.83. The smallest absolute Gasteiger partial charge is 0.0213 e. The second kappa shape index (κ2) is 2.57. The van der Waals surface area contributed by atoms with E-state index in [1.165, 1.54) is 19.3 Å². The zero-order chi connectivity index (χ0) is 9.97. The van der Waals surface area contributed by atoms with Crippen LogP contribution < -0.4 is 0 Å². The van der Waals surface area contributed by atoms with Crippen LogP contribution in [0.2, 0.25) is 0 Å². The van der Waals surface area contributed by atoms with Crippen LogP contribution >= 0.6 is 0 Å². The Balaban J connectivity index is 2.05. The molecule has 1 spiro atoms. The van der Waals surface area contributed by atoms with E-state index in [9.17, 15) is 0 Å². The van der Waals surface area contributed by atoms with Gasteiger partial charge in [-0.2, -0.15) is 0 Å². The van der Waals surface area contributed by atoms with Crippen molar-refractivity contribution in [1.82, 2.24) is 0 Å². The van der Waals surface area contributed by atoms with Crippen molar-refractivity contribution in [2.24, 2.45) is 28.6 Å². The molecular formula is C14H24. The minimum Gasteiger partial charge on any atom is -0.0622 e. The first-order chi connectivity index (χ1) is 6.58. The molecule has 0 aliphatic heterocycles. The van der Waals surface area contributed by atoms with Gasteiger partial charge in [0.15, 0.2) is 0 Å². The zero-order valence-electron chi connectivity index (χ0n) is 9.97. The lowest BCUT2D eigenvalue weighted by Gasteiger charge is -2.48. The molecule has 0 aromatic heterocycles. The van der Waals surface area contributed by atoms with Crippen molar-refractivity contribution in [3.05, 3.63) is 0 Å². The van der Waals surface area contributed by atoms with Gasteiger partial charge in [0.25, 0.3) is 0 Å². The van der Waals surface area contributed by atoms with Crippen molar-refractivity contribution in [1.29, 1.82) is 0 Å². The Morgan fingerprint density at radius 3 is 2.64 bits per heavy atom. The molecular weight excluding hydrogens is 168 g/mol. The highest BCUT2D eigenvalue weighted by molar-refractivity contribution is 5.13. The Bertz CT molecular complexity index is 249. The third-order valence-corrected chi connectivity index (χ3v) is 6.46. The quantitative estimate of drug-likeness (QED) is 0.538. The van der Waals surface area contributed by atoms with E-state index < -0.39 is 0 Å². The molecule has 0 radical (unpaired) electrons. The predicted octanol–water partition coefficient (Wildman–Crippen LogP) is 4.25. The minimum absolute atomic E-state index is 0.667. The number of hydrogen-bond acceptors (Lipinski definition) is 0. The van der Waals surface area contributed by atoms with Gasteiger partial charge in [-0.1, -0.05) is 27.2 Å². The average Bonchev–Trinajstić information content (AvgIpc) is 2.46. The highest BCUT2D eigenvalue weighted by atomic mass is 14.7. The normalized spacial score (nSPS) is 54.6. The van der Waals surface area contributed by atoms with E-state index in [1.54, 1.807) is 19.3 Å². The molecule has 0 unspecified atom stereocenters. The van der Waals surface area contributed by atoms with Crippen LogP contribution in [0, 0.1) is 28.6 Å². The predicted molar refractivity (Wildman–Crippen MR) is 60.1 cm³/mol. The summed E-state index contributed by atoms with van der Waals surface area (Å²) < 4.78 is 0. The van der Waals surface area contributed by atoms with Crippen molar-refractivity contribution in [3.8, 4) is 0 Å². The van der Waals surface area contributed by atoms with E-state index in [1.807, 2.05) is 0 Å². The van der Waals surface area contributed by atoms with Crippen LogP contribution in [0.3, 0.4) is 0 Å². The van der Waals surface area contributed by atoms with Crippen LogP contribution in [-0.4, -0.2) is 0 Å². The van der Waals surface area contributed by atoms with Crippen LogP contribution in [0.5, 0.6) is 0 Å². The van der Waals surface area contributed by atoms with Gasteiger partial charge in [-0.15, -0.1) is 0 Å². The van der Waals surface area contributed by atoms with E-state index in [-0.39, 0.29) is 0 Å². The number of rotatable bonds is 0. The molecule has 0 saturated heterocycles. The van der Waals surface area contributed by atoms with Crippen LogP contribution in [-0.2, 0) is 0 Å². The number of hydrogen-bond donors (Lipinski definition) is 0. The summed E-state index contributed by atoms with van der Waals surface area (Å²) in [6.07, 6.45) is 9.22. The van der Waals surface area contributed by atoms with Crippen molar-refractivity contribution >= 4 is 0 Å². The van der Waals surface area contributed by atoms with Crippen LogP contribution in [0.4, 0.5) is 0 Å². The molecule has 0 aromatic carbocycles. The first kappa shape index (κ1) is 9.24. The highest BCUT2D eigenvalue weighted by Gasteiger charge is 2.64. The first-order valence-corrected chi connectivity index (χ1v) is 6.58. The SMILES string of the molecule is C[C@H]1CC[C@]23CCC[C@H](C[C@@H]12)C3(C)C. The maximum absolute atomic E-state index is 2.58. The third-order valence-electron chi connectivity index (χ3n) is 6.46. The Hall–Kier alpha value is 0. The Kier molecular flexibility index (Phi) is 1.70. The Morgan fingerprint density at radius 2 is 1.86 bits per heavy atom. The lowest BCUT2D eigenvalue weighted by atomic mass is 9.56. The Morgan fingerprint density at radius 1 is 1.07 bits per heavy atom. The minimum atomic E-state index is 0.667. The van der Waals surface area contributed by atoms with Crippen LogP contribution in [0.1, 0.15) is 59.3 Å². The highest BCUT2D eigenvalue weighted by Crippen LogP contribution is 2.72. The molecule has 3 aliphatic rings. The lowest BCUT2D eigenvalue weighted by molar-refractivity contribution is 0.00769. The van der Waals surface area contributed by atoms with E-state index in [2.05, 4.69) is 20.8 Å². The van der Waals surface area contributed by atoms with Crippen molar-refractivity contribution in [2.45, 2.75) is 59.3 Å². The van der Waals surface area contributed by atoms with Crippen molar-refractivity contribution in [3.63, 3.8) is 0 Å². The molecule has 0 nitrogen and oxygen atoms in total. The average molecular weight is 192 g/mol. The topological polar surface area (TPSA) is 0 Å². The summed E-state index contributed by atoms with van der Waals surface area (Å²) in [7, 11) is 0. The molecule has 4 atom stereocenters. The summed E-state index contributed by atoms with van der Waals surface area (Å²) in [5.74, 6) is 3.17. The lowest BCUT2D eigenvalue weighted by Crippen LogP contribution is -2.40. The Labute approximate surface area is 88.5 Å². The van der Waals surface area contributed by atoms with Gasteiger partial charge in [0.1, 0.15) is 0 Å². The van der Waals surface area contributed by atoms with Gasteiger partial charge in [-0.05, 0) is 60.7 Å².